The standard InChI is InChI=1S/C17H17Cl2N3OS/c1-3-8-22-16(12-7-9-23-11(12)2)20-21-17(22)24-10-13-14(18)5-4-6-15(13)19/h4-7,9H,3,8,10H2,1-2H3. The summed E-state index contributed by atoms with van der Waals surface area (Å²) >= 11 is 14.1. The Bertz CT molecular complexity index is 824. The van der Waals surface area contributed by atoms with Gasteiger partial charge in [0, 0.05) is 22.3 Å². The highest BCUT2D eigenvalue weighted by Crippen LogP contribution is 2.33. The lowest BCUT2D eigenvalue weighted by atomic mass is 10.2. The number of hydrogen-bond acceptors (Lipinski definition) is 4. The third kappa shape index (κ3) is 3.48. The van der Waals surface area contributed by atoms with Gasteiger partial charge in [-0.25, -0.2) is 0 Å². The first kappa shape index (κ1) is 17.4. The normalized spacial score (nSPS) is 11.2. The van der Waals surface area contributed by atoms with Crippen molar-refractivity contribution in [2.75, 3.05) is 0 Å². The van der Waals surface area contributed by atoms with Crippen LogP contribution >= 0.6 is 35.0 Å². The molecule has 1 aromatic carbocycles. The van der Waals surface area contributed by atoms with Crippen molar-refractivity contribution < 1.29 is 4.42 Å². The molecule has 3 rings (SSSR count). The Labute approximate surface area is 155 Å². The molecular formula is C17H17Cl2N3OS. The number of benzene rings is 1. The average molecular weight is 382 g/mol. The van der Waals surface area contributed by atoms with Crippen LogP contribution < -0.4 is 0 Å². The lowest BCUT2D eigenvalue weighted by Gasteiger charge is -2.09. The van der Waals surface area contributed by atoms with Crippen LogP contribution in [0, 0.1) is 6.92 Å². The maximum absolute atomic E-state index is 6.25. The number of furan rings is 1. The molecule has 0 amide bonds. The van der Waals surface area contributed by atoms with Gasteiger partial charge < -0.3 is 8.98 Å². The fourth-order valence-electron chi connectivity index (χ4n) is 2.44. The lowest BCUT2D eigenvalue weighted by molar-refractivity contribution is 0.534. The van der Waals surface area contributed by atoms with E-state index in [-0.39, 0.29) is 0 Å². The van der Waals surface area contributed by atoms with Gasteiger partial charge in [-0.1, -0.05) is 48.0 Å². The highest BCUT2D eigenvalue weighted by atomic mass is 35.5. The molecule has 0 atom stereocenters. The number of thioether (sulfide) groups is 1. The van der Waals surface area contributed by atoms with Crippen LogP contribution in [0.25, 0.3) is 11.4 Å². The first-order valence-electron chi connectivity index (χ1n) is 7.65. The number of nitrogens with zero attached hydrogens (tertiary/aromatic N) is 3. The van der Waals surface area contributed by atoms with Crippen molar-refractivity contribution in [1.82, 2.24) is 14.8 Å². The molecular weight excluding hydrogens is 365 g/mol. The summed E-state index contributed by atoms with van der Waals surface area (Å²) in [7, 11) is 0. The van der Waals surface area contributed by atoms with Gasteiger partial charge in [-0.15, -0.1) is 10.2 Å². The first-order valence-corrected chi connectivity index (χ1v) is 9.39. The third-order valence-electron chi connectivity index (χ3n) is 3.67. The Kier molecular flexibility index (Phi) is 5.54. The van der Waals surface area contributed by atoms with Crippen LogP contribution in [0.3, 0.4) is 0 Å². The summed E-state index contributed by atoms with van der Waals surface area (Å²) in [5, 5.41) is 10.9. The minimum atomic E-state index is 0.644. The van der Waals surface area contributed by atoms with Gasteiger partial charge >= 0.3 is 0 Å². The molecule has 126 valence electrons. The van der Waals surface area contributed by atoms with Gasteiger partial charge in [-0.05, 0) is 37.1 Å². The fraction of sp³-hybridized carbons (Fsp3) is 0.294. The van der Waals surface area contributed by atoms with Crippen LogP contribution in [0.15, 0.2) is 40.1 Å². The maximum Gasteiger partial charge on any atom is 0.191 e. The van der Waals surface area contributed by atoms with E-state index in [9.17, 15) is 0 Å². The molecule has 0 unspecified atom stereocenters. The highest BCUT2D eigenvalue weighted by Gasteiger charge is 2.17. The van der Waals surface area contributed by atoms with Gasteiger partial charge in [0.2, 0.25) is 0 Å². The Morgan fingerprint density at radius 2 is 1.92 bits per heavy atom. The van der Waals surface area contributed by atoms with Crippen molar-refractivity contribution >= 4 is 35.0 Å². The molecule has 2 heterocycles. The summed E-state index contributed by atoms with van der Waals surface area (Å²) in [5.41, 5.74) is 1.89. The van der Waals surface area contributed by atoms with Crippen LogP contribution in [0.1, 0.15) is 24.7 Å². The second-order valence-corrected chi connectivity index (χ2v) is 7.09. The van der Waals surface area contributed by atoms with E-state index in [2.05, 4.69) is 21.7 Å². The summed E-state index contributed by atoms with van der Waals surface area (Å²) in [4.78, 5) is 0. The average Bonchev–Trinajstić information content (AvgIpc) is 3.14. The van der Waals surface area contributed by atoms with E-state index < -0.39 is 0 Å². The summed E-state index contributed by atoms with van der Waals surface area (Å²) in [5.74, 6) is 2.31. The van der Waals surface area contributed by atoms with E-state index in [4.69, 9.17) is 27.6 Å². The summed E-state index contributed by atoms with van der Waals surface area (Å²) in [6.07, 6.45) is 2.66. The van der Waals surface area contributed by atoms with E-state index in [1.165, 1.54) is 0 Å². The van der Waals surface area contributed by atoms with E-state index in [0.717, 1.165) is 40.8 Å². The Balaban J connectivity index is 1.89. The van der Waals surface area contributed by atoms with Gasteiger partial charge in [-0.3, -0.25) is 0 Å². The molecule has 0 N–H and O–H groups in total. The highest BCUT2D eigenvalue weighted by molar-refractivity contribution is 7.98. The number of aromatic nitrogens is 3. The van der Waals surface area contributed by atoms with E-state index in [0.29, 0.717) is 15.8 Å². The molecule has 0 fully saturated rings. The van der Waals surface area contributed by atoms with Crippen molar-refractivity contribution in [2.24, 2.45) is 0 Å². The van der Waals surface area contributed by atoms with Crippen molar-refractivity contribution in [3.8, 4) is 11.4 Å². The Morgan fingerprint density at radius 3 is 2.54 bits per heavy atom. The van der Waals surface area contributed by atoms with Crippen LogP contribution in [0.4, 0.5) is 0 Å². The SMILES string of the molecule is CCCn1c(SCc2c(Cl)cccc2Cl)nnc1-c1ccoc1C. The lowest BCUT2D eigenvalue weighted by Crippen LogP contribution is -2.02. The zero-order valence-electron chi connectivity index (χ0n) is 13.4. The monoisotopic (exact) mass is 381 g/mol. The van der Waals surface area contributed by atoms with Gasteiger partial charge in [-0.2, -0.15) is 0 Å². The summed E-state index contributed by atoms with van der Waals surface area (Å²) in [6, 6.07) is 7.46. The number of aryl methyl sites for hydroxylation is 1. The molecule has 24 heavy (non-hydrogen) atoms. The maximum atomic E-state index is 6.25. The van der Waals surface area contributed by atoms with Crippen LogP contribution in [0.5, 0.6) is 0 Å². The minimum Gasteiger partial charge on any atom is -0.469 e. The molecule has 0 aliphatic heterocycles. The van der Waals surface area contributed by atoms with E-state index >= 15 is 0 Å². The zero-order chi connectivity index (χ0) is 17.1. The number of halogens is 2. The van der Waals surface area contributed by atoms with Gasteiger partial charge in [0.25, 0.3) is 0 Å². The quantitative estimate of drug-likeness (QED) is 0.501. The van der Waals surface area contributed by atoms with Crippen LogP contribution in [0.2, 0.25) is 10.0 Å². The van der Waals surface area contributed by atoms with E-state index in [1.807, 2.05) is 31.2 Å². The van der Waals surface area contributed by atoms with Crippen LogP contribution in [-0.2, 0) is 12.3 Å². The Morgan fingerprint density at radius 1 is 1.17 bits per heavy atom. The molecule has 0 spiro atoms. The number of hydrogen-bond donors (Lipinski definition) is 0. The van der Waals surface area contributed by atoms with E-state index in [1.54, 1.807) is 18.0 Å². The molecule has 0 aliphatic rings. The van der Waals surface area contributed by atoms with Crippen LogP contribution in [-0.4, -0.2) is 14.8 Å². The molecule has 4 nitrogen and oxygen atoms in total. The molecule has 0 radical (unpaired) electrons. The molecule has 2 aromatic heterocycles. The molecule has 3 aromatic rings. The molecule has 0 bridgehead atoms. The first-order chi connectivity index (χ1) is 11.6. The zero-order valence-corrected chi connectivity index (χ0v) is 15.8. The molecule has 0 aliphatic carbocycles. The van der Waals surface area contributed by atoms with Crippen molar-refractivity contribution in [1.29, 1.82) is 0 Å². The third-order valence-corrected chi connectivity index (χ3v) is 5.37. The molecule has 0 saturated heterocycles. The summed E-state index contributed by atoms with van der Waals surface area (Å²) in [6.45, 7) is 4.90. The Hall–Kier alpha value is -1.43. The van der Waals surface area contributed by atoms with Gasteiger partial charge in [0.1, 0.15) is 5.76 Å². The molecule has 7 heteroatoms. The van der Waals surface area contributed by atoms with Gasteiger partial charge in [0.05, 0.1) is 11.8 Å². The second kappa shape index (κ2) is 7.64. The minimum absolute atomic E-state index is 0.644. The van der Waals surface area contributed by atoms with Crippen molar-refractivity contribution in [2.45, 2.75) is 37.7 Å². The predicted octanol–water partition coefficient (Wildman–Crippen LogP) is 5.86. The van der Waals surface area contributed by atoms with Crippen molar-refractivity contribution in [3.05, 3.63) is 51.9 Å². The van der Waals surface area contributed by atoms with Gasteiger partial charge in [0.15, 0.2) is 11.0 Å². The number of rotatable bonds is 6. The second-order valence-electron chi connectivity index (χ2n) is 5.34. The summed E-state index contributed by atoms with van der Waals surface area (Å²) < 4.78 is 7.52. The smallest absolute Gasteiger partial charge is 0.191 e. The van der Waals surface area contributed by atoms with Crippen molar-refractivity contribution in [3.63, 3.8) is 0 Å². The fourth-order valence-corrected chi connectivity index (χ4v) is 4.15. The topological polar surface area (TPSA) is 43.9 Å². The predicted molar refractivity (Wildman–Crippen MR) is 98.8 cm³/mol. The molecule has 0 saturated carbocycles. The largest absolute Gasteiger partial charge is 0.469 e.